The zero-order valence-corrected chi connectivity index (χ0v) is 10.5. The molecular formula is C12H15ClO4. The van der Waals surface area contributed by atoms with Gasteiger partial charge < -0.3 is 9.84 Å². The van der Waals surface area contributed by atoms with Crippen LogP contribution in [0.15, 0.2) is 30.3 Å². The fourth-order valence-electron chi connectivity index (χ4n) is 0.998. The zero-order chi connectivity index (χ0) is 13.3. The second-order valence-corrected chi connectivity index (χ2v) is 3.45. The van der Waals surface area contributed by atoms with Crippen molar-refractivity contribution in [2.75, 3.05) is 6.61 Å². The van der Waals surface area contributed by atoms with E-state index in [0.29, 0.717) is 6.61 Å². The van der Waals surface area contributed by atoms with E-state index in [2.05, 4.69) is 4.74 Å². The first-order valence-electron chi connectivity index (χ1n) is 5.09. The summed E-state index contributed by atoms with van der Waals surface area (Å²) in [6, 6.07) is 9.19. The van der Waals surface area contributed by atoms with Crippen LogP contribution in [0.1, 0.15) is 25.3 Å². The van der Waals surface area contributed by atoms with Crippen molar-refractivity contribution in [1.29, 1.82) is 0 Å². The summed E-state index contributed by atoms with van der Waals surface area (Å²) >= 11 is 4.72. The molecule has 0 heterocycles. The smallest absolute Gasteiger partial charge is 0.403 e. The third-order valence-electron chi connectivity index (χ3n) is 1.93. The van der Waals surface area contributed by atoms with Gasteiger partial charge in [0.15, 0.2) is 0 Å². The summed E-state index contributed by atoms with van der Waals surface area (Å²) in [7, 11) is 0. The normalized spacial score (nSPS) is 10.8. The molecule has 0 aliphatic carbocycles. The third kappa shape index (κ3) is 7.36. The number of carbonyl (C=O) groups excluding carboxylic acids is 1. The Bertz CT molecular complexity index is 351. The highest BCUT2D eigenvalue weighted by molar-refractivity contribution is 6.61. The molecule has 0 bridgehead atoms. The summed E-state index contributed by atoms with van der Waals surface area (Å²) in [5, 5.41) is 8.64. The van der Waals surface area contributed by atoms with Gasteiger partial charge in [0.1, 0.15) is 0 Å². The number of ether oxygens (including phenoxy) is 1. The van der Waals surface area contributed by atoms with Crippen LogP contribution in [0.4, 0.5) is 4.79 Å². The lowest BCUT2D eigenvalue weighted by Crippen LogP contribution is -2.06. The topological polar surface area (TPSA) is 63.6 Å². The number of hydrogen-bond donors (Lipinski definition) is 1. The standard InChI is InChI=1S/C9H10O2.C3H5ClO2/c1-7(9(10)11)8-5-3-2-4-6-8;1-2-6-3(4)5/h2-7H,1H3,(H,10,11);2H2,1H3. The Morgan fingerprint density at radius 2 is 1.88 bits per heavy atom. The lowest BCUT2D eigenvalue weighted by molar-refractivity contribution is -0.138. The molecule has 0 aromatic heterocycles. The summed E-state index contributed by atoms with van der Waals surface area (Å²) in [4.78, 5) is 20.1. The molecule has 0 spiro atoms. The fourth-order valence-corrected chi connectivity index (χ4v) is 1.11. The minimum atomic E-state index is -0.781. The highest BCUT2D eigenvalue weighted by atomic mass is 35.5. The molecule has 1 rings (SSSR count). The second-order valence-electron chi connectivity index (χ2n) is 3.14. The maximum absolute atomic E-state index is 10.5. The number of carboxylic acids is 1. The van der Waals surface area contributed by atoms with E-state index in [0.717, 1.165) is 5.56 Å². The lowest BCUT2D eigenvalue weighted by atomic mass is 10.0. The third-order valence-corrected chi connectivity index (χ3v) is 2.04. The molecule has 4 nitrogen and oxygen atoms in total. The van der Waals surface area contributed by atoms with Crippen molar-refractivity contribution in [2.45, 2.75) is 19.8 Å². The van der Waals surface area contributed by atoms with Gasteiger partial charge in [-0.2, -0.15) is 0 Å². The molecule has 94 valence electrons. The Hall–Kier alpha value is -1.55. The van der Waals surface area contributed by atoms with E-state index in [9.17, 15) is 9.59 Å². The van der Waals surface area contributed by atoms with Crippen molar-refractivity contribution in [1.82, 2.24) is 0 Å². The number of carbonyl (C=O) groups is 2. The van der Waals surface area contributed by atoms with Gasteiger partial charge in [0.05, 0.1) is 12.5 Å². The van der Waals surface area contributed by atoms with Crippen molar-refractivity contribution >= 4 is 23.0 Å². The average Bonchev–Trinajstić information content (AvgIpc) is 2.29. The molecule has 0 saturated carbocycles. The number of hydrogen-bond acceptors (Lipinski definition) is 3. The number of carboxylic acid groups (broad SMARTS) is 1. The molecule has 1 atom stereocenters. The van der Waals surface area contributed by atoms with Crippen molar-refractivity contribution in [3.05, 3.63) is 35.9 Å². The van der Waals surface area contributed by atoms with E-state index < -0.39 is 17.3 Å². The van der Waals surface area contributed by atoms with Gasteiger partial charge in [0.2, 0.25) is 0 Å². The largest absolute Gasteiger partial charge is 0.481 e. The molecule has 0 aliphatic heterocycles. The van der Waals surface area contributed by atoms with E-state index in [4.69, 9.17) is 16.7 Å². The van der Waals surface area contributed by atoms with Gasteiger partial charge in [-0.3, -0.25) is 4.79 Å². The van der Waals surface area contributed by atoms with Gasteiger partial charge in [-0.15, -0.1) is 0 Å². The van der Waals surface area contributed by atoms with Gasteiger partial charge in [-0.25, -0.2) is 4.79 Å². The van der Waals surface area contributed by atoms with E-state index >= 15 is 0 Å². The molecule has 1 aromatic carbocycles. The Morgan fingerprint density at radius 1 is 1.35 bits per heavy atom. The van der Waals surface area contributed by atoms with E-state index in [1.165, 1.54) is 0 Å². The van der Waals surface area contributed by atoms with Gasteiger partial charge in [-0.1, -0.05) is 30.3 Å². The first kappa shape index (κ1) is 15.4. The Morgan fingerprint density at radius 3 is 2.18 bits per heavy atom. The number of benzene rings is 1. The van der Waals surface area contributed by atoms with Crippen LogP contribution in [0.3, 0.4) is 0 Å². The minimum absolute atomic E-state index is 0.350. The lowest BCUT2D eigenvalue weighted by Gasteiger charge is -2.04. The number of halogens is 1. The van der Waals surface area contributed by atoms with Crippen molar-refractivity contribution in [3.8, 4) is 0 Å². The maximum Gasteiger partial charge on any atom is 0.403 e. The molecule has 17 heavy (non-hydrogen) atoms. The summed E-state index contributed by atoms with van der Waals surface area (Å²) in [5.41, 5.74) is 0.109. The number of aliphatic carboxylic acids is 1. The summed E-state index contributed by atoms with van der Waals surface area (Å²) in [5.74, 6) is -1.19. The second kappa shape index (κ2) is 8.58. The SMILES string of the molecule is CC(C(=O)O)c1ccccc1.CCOC(=O)Cl. The molecular weight excluding hydrogens is 244 g/mol. The van der Waals surface area contributed by atoms with E-state index in [1.54, 1.807) is 13.8 Å². The Kier molecular flexibility index (Phi) is 7.80. The van der Waals surface area contributed by atoms with Crippen molar-refractivity contribution < 1.29 is 19.4 Å². The van der Waals surface area contributed by atoms with Crippen LogP contribution in [0, 0.1) is 0 Å². The molecule has 1 N–H and O–H groups in total. The maximum atomic E-state index is 10.5. The Labute approximate surface area is 105 Å². The molecule has 0 amide bonds. The van der Waals surface area contributed by atoms with Gasteiger partial charge >= 0.3 is 11.4 Å². The van der Waals surface area contributed by atoms with Crippen molar-refractivity contribution in [3.63, 3.8) is 0 Å². The predicted molar refractivity (Wildman–Crippen MR) is 65.4 cm³/mol. The minimum Gasteiger partial charge on any atom is -0.481 e. The number of rotatable bonds is 3. The molecule has 5 heteroatoms. The first-order chi connectivity index (χ1) is 7.99. The Balaban J connectivity index is 0.000000366. The van der Waals surface area contributed by atoms with Crippen LogP contribution in [0.25, 0.3) is 0 Å². The van der Waals surface area contributed by atoms with Gasteiger partial charge in [0, 0.05) is 11.6 Å². The molecule has 0 aliphatic rings. The van der Waals surface area contributed by atoms with Crippen LogP contribution < -0.4 is 0 Å². The van der Waals surface area contributed by atoms with Gasteiger partial charge in [-0.05, 0) is 19.4 Å². The molecule has 0 saturated heterocycles. The highest BCUT2D eigenvalue weighted by Crippen LogP contribution is 2.13. The van der Waals surface area contributed by atoms with Crippen LogP contribution in [-0.4, -0.2) is 23.1 Å². The van der Waals surface area contributed by atoms with Crippen molar-refractivity contribution in [2.24, 2.45) is 0 Å². The van der Waals surface area contributed by atoms with Crippen LogP contribution in [0.5, 0.6) is 0 Å². The van der Waals surface area contributed by atoms with Crippen LogP contribution in [-0.2, 0) is 9.53 Å². The summed E-state index contributed by atoms with van der Waals surface area (Å²) in [6.07, 6.45) is 0. The van der Waals surface area contributed by atoms with E-state index in [-0.39, 0.29) is 0 Å². The zero-order valence-electron chi connectivity index (χ0n) is 9.72. The first-order valence-corrected chi connectivity index (χ1v) is 5.46. The molecule has 1 unspecified atom stereocenters. The monoisotopic (exact) mass is 258 g/mol. The van der Waals surface area contributed by atoms with E-state index in [1.807, 2.05) is 30.3 Å². The average molecular weight is 259 g/mol. The molecule has 0 fully saturated rings. The van der Waals surface area contributed by atoms with Crippen LogP contribution in [0.2, 0.25) is 0 Å². The molecule has 1 aromatic rings. The molecule has 0 radical (unpaired) electrons. The summed E-state index contributed by atoms with van der Waals surface area (Å²) < 4.78 is 4.17. The van der Waals surface area contributed by atoms with Gasteiger partial charge in [0.25, 0.3) is 0 Å². The quantitative estimate of drug-likeness (QED) is 0.846. The fraction of sp³-hybridized carbons (Fsp3) is 0.333. The van der Waals surface area contributed by atoms with Crippen LogP contribution >= 0.6 is 11.6 Å². The summed E-state index contributed by atoms with van der Waals surface area (Å²) in [6.45, 7) is 3.72. The predicted octanol–water partition coefficient (Wildman–Crippen LogP) is 3.26. The highest BCUT2D eigenvalue weighted by Gasteiger charge is 2.11.